The van der Waals surface area contributed by atoms with Crippen LogP contribution in [0.3, 0.4) is 0 Å². The van der Waals surface area contributed by atoms with E-state index in [-0.39, 0.29) is 5.60 Å². The normalized spacial score (nSPS) is 22.4. The van der Waals surface area contributed by atoms with Gasteiger partial charge in [0.05, 0.1) is 18.8 Å². The Hall–Kier alpha value is -0.900. The van der Waals surface area contributed by atoms with Gasteiger partial charge in [-0.1, -0.05) is 24.3 Å². The Morgan fingerprint density at radius 3 is 2.32 bits per heavy atom. The Labute approximate surface area is 115 Å². The van der Waals surface area contributed by atoms with Gasteiger partial charge in [-0.05, 0) is 30.4 Å². The highest BCUT2D eigenvalue weighted by molar-refractivity contribution is 5.25. The van der Waals surface area contributed by atoms with Crippen LogP contribution in [0.4, 0.5) is 0 Å². The summed E-state index contributed by atoms with van der Waals surface area (Å²) >= 11 is 0. The Kier molecular flexibility index (Phi) is 3.87. The standard InChI is InChI=1S/C16H23NO2/c18-16(6-7-16)13-15-3-1-14(2-4-15)5-8-17-9-11-19-12-10-17/h1-4,18H,5-13H2. The summed E-state index contributed by atoms with van der Waals surface area (Å²) in [5, 5.41) is 9.91. The maximum Gasteiger partial charge on any atom is 0.0690 e. The molecular formula is C16H23NO2. The number of hydrogen-bond donors (Lipinski definition) is 1. The predicted octanol–water partition coefficient (Wildman–Crippen LogP) is 1.63. The summed E-state index contributed by atoms with van der Waals surface area (Å²) in [5.41, 5.74) is 2.27. The lowest BCUT2D eigenvalue weighted by atomic mass is 10.0. The van der Waals surface area contributed by atoms with Crippen LogP contribution in [-0.2, 0) is 17.6 Å². The fourth-order valence-corrected chi connectivity index (χ4v) is 2.64. The zero-order chi connectivity index (χ0) is 13.1. The molecule has 3 heteroatoms. The molecule has 0 amide bonds. The first-order valence-electron chi connectivity index (χ1n) is 7.34. The van der Waals surface area contributed by atoms with Crippen LogP contribution in [0.5, 0.6) is 0 Å². The van der Waals surface area contributed by atoms with Crippen LogP contribution in [0, 0.1) is 0 Å². The zero-order valence-electron chi connectivity index (χ0n) is 11.5. The number of nitrogens with zero attached hydrogens (tertiary/aromatic N) is 1. The second kappa shape index (κ2) is 5.61. The van der Waals surface area contributed by atoms with E-state index < -0.39 is 0 Å². The topological polar surface area (TPSA) is 32.7 Å². The van der Waals surface area contributed by atoms with Crippen LogP contribution in [0.2, 0.25) is 0 Å². The average molecular weight is 261 g/mol. The van der Waals surface area contributed by atoms with Crippen molar-refractivity contribution >= 4 is 0 Å². The van der Waals surface area contributed by atoms with Gasteiger partial charge in [0.1, 0.15) is 0 Å². The molecule has 3 nitrogen and oxygen atoms in total. The molecule has 0 spiro atoms. The number of benzene rings is 1. The van der Waals surface area contributed by atoms with E-state index in [1.807, 2.05) is 0 Å². The molecular weight excluding hydrogens is 238 g/mol. The van der Waals surface area contributed by atoms with E-state index in [0.29, 0.717) is 0 Å². The van der Waals surface area contributed by atoms with Gasteiger partial charge in [-0.2, -0.15) is 0 Å². The molecule has 3 rings (SSSR count). The van der Waals surface area contributed by atoms with Crippen LogP contribution in [0.15, 0.2) is 24.3 Å². The summed E-state index contributed by atoms with van der Waals surface area (Å²) in [6.07, 6.45) is 3.85. The molecule has 2 fully saturated rings. The van der Waals surface area contributed by atoms with E-state index in [9.17, 15) is 5.11 Å². The highest BCUT2D eigenvalue weighted by Gasteiger charge is 2.39. The summed E-state index contributed by atoms with van der Waals surface area (Å²) in [5.74, 6) is 0. The first kappa shape index (κ1) is 13.1. The first-order valence-corrected chi connectivity index (χ1v) is 7.34. The lowest BCUT2D eigenvalue weighted by Gasteiger charge is -2.26. The molecule has 19 heavy (non-hydrogen) atoms. The second-order valence-electron chi connectivity index (χ2n) is 5.92. The minimum absolute atomic E-state index is 0.380. The molecule has 1 saturated heterocycles. The van der Waals surface area contributed by atoms with Crippen molar-refractivity contribution in [1.29, 1.82) is 0 Å². The molecule has 0 bridgehead atoms. The molecule has 104 valence electrons. The Morgan fingerprint density at radius 1 is 1.05 bits per heavy atom. The smallest absolute Gasteiger partial charge is 0.0690 e. The maximum absolute atomic E-state index is 9.91. The molecule has 1 aliphatic carbocycles. The third kappa shape index (κ3) is 3.78. The molecule has 1 saturated carbocycles. The van der Waals surface area contributed by atoms with E-state index in [2.05, 4.69) is 29.2 Å². The van der Waals surface area contributed by atoms with Gasteiger partial charge >= 0.3 is 0 Å². The van der Waals surface area contributed by atoms with Crippen molar-refractivity contribution in [1.82, 2.24) is 4.90 Å². The molecule has 0 radical (unpaired) electrons. The average Bonchev–Trinajstić information content (AvgIpc) is 3.17. The van der Waals surface area contributed by atoms with Gasteiger partial charge in [-0.3, -0.25) is 4.90 Å². The monoisotopic (exact) mass is 261 g/mol. The molecule has 0 aromatic heterocycles. The SMILES string of the molecule is OC1(Cc2ccc(CCN3CCOCC3)cc2)CC1. The van der Waals surface area contributed by atoms with Crippen LogP contribution in [0.25, 0.3) is 0 Å². The van der Waals surface area contributed by atoms with Crippen LogP contribution in [-0.4, -0.2) is 48.5 Å². The van der Waals surface area contributed by atoms with Gasteiger partial charge in [0, 0.05) is 26.1 Å². The summed E-state index contributed by atoms with van der Waals surface area (Å²) in [6, 6.07) is 8.76. The number of aliphatic hydroxyl groups is 1. The first-order chi connectivity index (χ1) is 9.23. The number of ether oxygens (including phenoxy) is 1. The third-order valence-corrected chi connectivity index (χ3v) is 4.20. The molecule has 0 atom stereocenters. The van der Waals surface area contributed by atoms with Gasteiger partial charge < -0.3 is 9.84 Å². The summed E-state index contributed by atoms with van der Waals surface area (Å²) < 4.78 is 5.35. The van der Waals surface area contributed by atoms with Gasteiger partial charge in [-0.25, -0.2) is 0 Å². The Morgan fingerprint density at radius 2 is 1.68 bits per heavy atom. The second-order valence-corrected chi connectivity index (χ2v) is 5.92. The van der Waals surface area contributed by atoms with E-state index >= 15 is 0 Å². The Bertz CT molecular complexity index is 405. The highest BCUT2D eigenvalue weighted by atomic mass is 16.5. The summed E-state index contributed by atoms with van der Waals surface area (Å²) in [6.45, 7) is 4.98. The van der Waals surface area contributed by atoms with Gasteiger partial charge in [0.25, 0.3) is 0 Å². The lowest BCUT2D eigenvalue weighted by molar-refractivity contribution is 0.0384. The van der Waals surface area contributed by atoms with Crippen LogP contribution >= 0.6 is 0 Å². The maximum atomic E-state index is 9.91. The molecule has 1 aliphatic heterocycles. The van der Waals surface area contributed by atoms with E-state index in [1.165, 1.54) is 11.1 Å². The minimum Gasteiger partial charge on any atom is -0.390 e. The molecule has 2 aliphatic rings. The quantitative estimate of drug-likeness (QED) is 0.874. The van der Waals surface area contributed by atoms with Crippen LogP contribution < -0.4 is 0 Å². The number of hydrogen-bond acceptors (Lipinski definition) is 3. The number of morpholine rings is 1. The third-order valence-electron chi connectivity index (χ3n) is 4.20. The summed E-state index contributed by atoms with van der Waals surface area (Å²) in [4.78, 5) is 2.46. The van der Waals surface area contributed by atoms with E-state index in [1.54, 1.807) is 0 Å². The predicted molar refractivity (Wildman–Crippen MR) is 75.3 cm³/mol. The van der Waals surface area contributed by atoms with E-state index in [0.717, 1.165) is 58.5 Å². The Balaban J connectivity index is 1.48. The van der Waals surface area contributed by atoms with Gasteiger partial charge in [0.15, 0.2) is 0 Å². The lowest BCUT2D eigenvalue weighted by Crippen LogP contribution is -2.37. The molecule has 0 unspecified atom stereocenters. The van der Waals surface area contributed by atoms with Gasteiger partial charge in [0.2, 0.25) is 0 Å². The van der Waals surface area contributed by atoms with Crippen molar-refractivity contribution in [2.75, 3.05) is 32.8 Å². The van der Waals surface area contributed by atoms with Crippen molar-refractivity contribution < 1.29 is 9.84 Å². The zero-order valence-corrected chi connectivity index (χ0v) is 11.5. The van der Waals surface area contributed by atoms with Crippen LogP contribution in [0.1, 0.15) is 24.0 Å². The van der Waals surface area contributed by atoms with Crippen molar-refractivity contribution in [3.8, 4) is 0 Å². The van der Waals surface area contributed by atoms with Crippen molar-refractivity contribution in [2.24, 2.45) is 0 Å². The van der Waals surface area contributed by atoms with Crippen molar-refractivity contribution in [3.63, 3.8) is 0 Å². The van der Waals surface area contributed by atoms with Crippen molar-refractivity contribution in [2.45, 2.75) is 31.3 Å². The fourth-order valence-electron chi connectivity index (χ4n) is 2.64. The highest BCUT2D eigenvalue weighted by Crippen LogP contribution is 2.38. The fraction of sp³-hybridized carbons (Fsp3) is 0.625. The molecule has 1 heterocycles. The largest absolute Gasteiger partial charge is 0.390 e. The van der Waals surface area contributed by atoms with E-state index in [4.69, 9.17) is 4.74 Å². The number of rotatable bonds is 5. The molecule has 1 aromatic carbocycles. The molecule has 1 aromatic rings. The van der Waals surface area contributed by atoms with Crippen molar-refractivity contribution in [3.05, 3.63) is 35.4 Å². The summed E-state index contributed by atoms with van der Waals surface area (Å²) in [7, 11) is 0. The van der Waals surface area contributed by atoms with Gasteiger partial charge in [-0.15, -0.1) is 0 Å². The molecule has 1 N–H and O–H groups in total. The minimum atomic E-state index is -0.380.